The molecule has 0 saturated carbocycles. The summed E-state index contributed by atoms with van der Waals surface area (Å²) in [5, 5.41) is 0. The minimum Gasteiger partial charge on any atom is -0.490 e. The van der Waals surface area contributed by atoms with Gasteiger partial charge >= 0.3 is 0 Å². The van der Waals surface area contributed by atoms with Crippen molar-refractivity contribution in [2.45, 2.75) is 26.2 Å². The predicted molar refractivity (Wildman–Crippen MR) is 84.6 cm³/mol. The maximum absolute atomic E-state index is 5.74. The summed E-state index contributed by atoms with van der Waals surface area (Å²) in [5.41, 5.74) is 1.98. The van der Waals surface area contributed by atoms with Crippen molar-refractivity contribution in [2.24, 2.45) is 0 Å². The van der Waals surface area contributed by atoms with Gasteiger partial charge in [-0.1, -0.05) is 26.1 Å². The maximum atomic E-state index is 5.74. The maximum Gasteiger partial charge on any atom is 0.161 e. The van der Waals surface area contributed by atoms with Gasteiger partial charge in [0.25, 0.3) is 0 Å². The Balaban J connectivity index is 2.04. The fourth-order valence-corrected chi connectivity index (χ4v) is 2.45. The lowest BCUT2D eigenvalue weighted by Gasteiger charge is -2.11. The highest BCUT2D eigenvalue weighted by Crippen LogP contribution is 2.33. The molecule has 0 amide bonds. The Morgan fingerprint density at radius 2 is 1.90 bits per heavy atom. The summed E-state index contributed by atoms with van der Waals surface area (Å²) in [6.45, 7) is 5.55. The lowest BCUT2D eigenvalue weighted by atomic mass is 10.1. The second kappa shape index (κ2) is 5.85. The Labute approximate surface area is 129 Å². The number of benzene rings is 1. The SMILES string of the molecule is CC(C)c1nc(=S)cc(-c2ccc3c(c2)OCCCO3)[nH]1. The van der Waals surface area contributed by atoms with Crippen LogP contribution in [0.4, 0.5) is 0 Å². The smallest absolute Gasteiger partial charge is 0.161 e. The molecule has 4 nitrogen and oxygen atoms in total. The van der Waals surface area contributed by atoms with E-state index in [-0.39, 0.29) is 0 Å². The molecular formula is C16H18N2O2S. The Morgan fingerprint density at radius 3 is 2.67 bits per heavy atom. The first-order valence-corrected chi connectivity index (χ1v) is 7.55. The Bertz CT molecular complexity index is 710. The molecule has 2 heterocycles. The van der Waals surface area contributed by atoms with Crippen molar-refractivity contribution in [3.8, 4) is 22.8 Å². The summed E-state index contributed by atoms with van der Waals surface area (Å²) in [6.07, 6.45) is 0.902. The van der Waals surface area contributed by atoms with Gasteiger partial charge in [0.2, 0.25) is 0 Å². The minimum absolute atomic E-state index is 0.298. The van der Waals surface area contributed by atoms with Gasteiger partial charge in [0.15, 0.2) is 11.5 Å². The zero-order chi connectivity index (χ0) is 14.8. The van der Waals surface area contributed by atoms with E-state index in [9.17, 15) is 0 Å². The van der Waals surface area contributed by atoms with Crippen LogP contribution in [0.5, 0.6) is 11.5 Å². The molecule has 1 aliphatic rings. The number of fused-ring (bicyclic) bond motifs is 1. The van der Waals surface area contributed by atoms with E-state index in [4.69, 9.17) is 21.7 Å². The number of nitrogens with zero attached hydrogens (tertiary/aromatic N) is 1. The number of H-pyrrole nitrogens is 1. The van der Waals surface area contributed by atoms with E-state index in [2.05, 4.69) is 23.8 Å². The zero-order valence-corrected chi connectivity index (χ0v) is 13.0. The normalized spacial score (nSPS) is 14.0. The van der Waals surface area contributed by atoms with Crippen molar-refractivity contribution < 1.29 is 9.47 Å². The molecule has 0 unspecified atom stereocenters. The first-order valence-electron chi connectivity index (χ1n) is 7.15. The Morgan fingerprint density at radius 1 is 1.14 bits per heavy atom. The summed E-state index contributed by atoms with van der Waals surface area (Å²) in [6, 6.07) is 7.83. The van der Waals surface area contributed by atoms with Crippen molar-refractivity contribution in [2.75, 3.05) is 13.2 Å². The van der Waals surface area contributed by atoms with Gasteiger partial charge in [0, 0.05) is 23.6 Å². The van der Waals surface area contributed by atoms with Gasteiger partial charge in [-0.25, -0.2) is 4.98 Å². The lowest BCUT2D eigenvalue weighted by Crippen LogP contribution is -1.99. The molecule has 0 saturated heterocycles. The molecular weight excluding hydrogens is 284 g/mol. The summed E-state index contributed by atoms with van der Waals surface area (Å²) >= 11 is 5.26. The van der Waals surface area contributed by atoms with Crippen LogP contribution in [0.25, 0.3) is 11.3 Å². The fourth-order valence-electron chi connectivity index (χ4n) is 2.24. The van der Waals surface area contributed by atoms with Crippen LogP contribution in [0, 0.1) is 4.64 Å². The first-order chi connectivity index (χ1) is 10.1. The van der Waals surface area contributed by atoms with Gasteiger partial charge in [-0.15, -0.1) is 0 Å². The van der Waals surface area contributed by atoms with Crippen LogP contribution in [0.15, 0.2) is 24.3 Å². The van der Waals surface area contributed by atoms with Gasteiger partial charge in [-0.3, -0.25) is 0 Å². The number of aromatic amines is 1. The van der Waals surface area contributed by atoms with Crippen molar-refractivity contribution in [3.63, 3.8) is 0 Å². The standard InChI is InChI=1S/C16H18N2O2S/c1-10(2)16-17-12(9-15(21)18-16)11-4-5-13-14(8-11)20-7-3-6-19-13/h4-5,8-10H,3,6-7H2,1-2H3,(H,17,18,21). The quantitative estimate of drug-likeness (QED) is 0.849. The topological polar surface area (TPSA) is 47.1 Å². The van der Waals surface area contributed by atoms with Crippen LogP contribution in [-0.4, -0.2) is 23.2 Å². The van der Waals surface area contributed by atoms with Crippen LogP contribution < -0.4 is 9.47 Å². The largest absolute Gasteiger partial charge is 0.490 e. The van der Waals surface area contributed by atoms with Gasteiger partial charge in [-0.2, -0.15) is 0 Å². The van der Waals surface area contributed by atoms with E-state index in [0.29, 0.717) is 23.8 Å². The third-order valence-electron chi connectivity index (χ3n) is 3.37. The van der Waals surface area contributed by atoms with E-state index in [1.165, 1.54) is 0 Å². The van der Waals surface area contributed by atoms with Gasteiger partial charge in [0.05, 0.1) is 13.2 Å². The predicted octanol–water partition coefficient (Wildman–Crippen LogP) is 4.09. The number of ether oxygens (including phenoxy) is 2. The molecule has 0 spiro atoms. The molecule has 5 heteroatoms. The summed E-state index contributed by atoms with van der Waals surface area (Å²) in [7, 11) is 0. The molecule has 0 aliphatic carbocycles. The summed E-state index contributed by atoms with van der Waals surface area (Å²) < 4.78 is 12.0. The van der Waals surface area contributed by atoms with Crippen LogP contribution >= 0.6 is 12.2 Å². The van der Waals surface area contributed by atoms with E-state index in [1.54, 1.807) is 0 Å². The molecule has 0 bridgehead atoms. The molecule has 0 radical (unpaired) electrons. The zero-order valence-electron chi connectivity index (χ0n) is 12.2. The molecule has 0 fully saturated rings. The van der Waals surface area contributed by atoms with Crippen molar-refractivity contribution in [1.82, 2.24) is 9.97 Å². The second-order valence-corrected chi connectivity index (χ2v) is 5.80. The molecule has 1 aromatic heterocycles. The van der Waals surface area contributed by atoms with E-state index in [0.717, 1.165) is 35.0 Å². The Kier molecular flexibility index (Phi) is 3.92. The highest BCUT2D eigenvalue weighted by atomic mass is 32.1. The number of nitrogens with one attached hydrogen (secondary N) is 1. The molecule has 21 heavy (non-hydrogen) atoms. The van der Waals surface area contributed by atoms with E-state index < -0.39 is 0 Å². The summed E-state index contributed by atoms with van der Waals surface area (Å²) in [5.74, 6) is 2.77. The number of rotatable bonds is 2. The van der Waals surface area contributed by atoms with Gasteiger partial charge < -0.3 is 14.5 Å². The molecule has 1 aliphatic heterocycles. The van der Waals surface area contributed by atoms with Crippen LogP contribution in [0.3, 0.4) is 0 Å². The summed E-state index contributed by atoms with van der Waals surface area (Å²) in [4.78, 5) is 7.71. The second-order valence-electron chi connectivity index (χ2n) is 5.38. The lowest BCUT2D eigenvalue weighted by molar-refractivity contribution is 0.297. The van der Waals surface area contributed by atoms with Crippen LogP contribution in [0.2, 0.25) is 0 Å². The first kappa shape index (κ1) is 14.1. The van der Waals surface area contributed by atoms with Gasteiger partial charge in [0.1, 0.15) is 10.5 Å². The molecule has 1 N–H and O–H groups in total. The third-order valence-corrected chi connectivity index (χ3v) is 3.58. The van der Waals surface area contributed by atoms with E-state index >= 15 is 0 Å². The molecule has 110 valence electrons. The van der Waals surface area contributed by atoms with Crippen molar-refractivity contribution >= 4 is 12.2 Å². The number of hydrogen-bond acceptors (Lipinski definition) is 4. The molecule has 0 atom stereocenters. The highest BCUT2D eigenvalue weighted by molar-refractivity contribution is 7.71. The molecule has 1 aromatic carbocycles. The minimum atomic E-state index is 0.298. The average molecular weight is 302 g/mol. The third kappa shape index (κ3) is 3.08. The average Bonchev–Trinajstić information content (AvgIpc) is 2.70. The van der Waals surface area contributed by atoms with E-state index in [1.807, 2.05) is 24.3 Å². The van der Waals surface area contributed by atoms with Crippen molar-refractivity contribution in [3.05, 3.63) is 34.7 Å². The van der Waals surface area contributed by atoms with Crippen LogP contribution in [0.1, 0.15) is 32.0 Å². The fraction of sp³-hybridized carbons (Fsp3) is 0.375. The van der Waals surface area contributed by atoms with Crippen LogP contribution in [-0.2, 0) is 0 Å². The molecule has 3 rings (SSSR count). The van der Waals surface area contributed by atoms with Gasteiger partial charge in [-0.05, 0) is 24.3 Å². The highest BCUT2D eigenvalue weighted by Gasteiger charge is 2.12. The number of aromatic nitrogens is 2. The van der Waals surface area contributed by atoms with Crippen molar-refractivity contribution in [1.29, 1.82) is 0 Å². The number of hydrogen-bond donors (Lipinski definition) is 1. The monoisotopic (exact) mass is 302 g/mol. The Hall–Kier alpha value is -1.88. The molecule has 2 aromatic rings.